The third kappa shape index (κ3) is 43.3. The van der Waals surface area contributed by atoms with Crippen LogP contribution in [0, 0.1) is 0 Å². The van der Waals surface area contributed by atoms with E-state index in [1.165, 1.54) is 218 Å². The van der Waals surface area contributed by atoms with Crippen molar-refractivity contribution in [3.63, 3.8) is 0 Å². The molecule has 0 aromatic rings. The molecule has 6 heteroatoms. The van der Waals surface area contributed by atoms with Crippen LogP contribution in [0.2, 0.25) is 0 Å². The van der Waals surface area contributed by atoms with E-state index in [4.69, 9.17) is 4.74 Å². The SMILES string of the molecule is CCCCCCCCCCCCCCCCCC(=O)OC(CCCCCCCCCCCCCC)CC(=O)NC(CO)C(O)CCCCCCCCCCCCCCC. The molecule has 0 radical (unpaired) electrons. The van der Waals surface area contributed by atoms with Crippen LogP contribution < -0.4 is 5.32 Å². The van der Waals surface area contributed by atoms with Crippen molar-refractivity contribution < 1.29 is 24.5 Å². The van der Waals surface area contributed by atoms with E-state index in [0.29, 0.717) is 19.3 Å². The molecular weight excluding hydrogens is 731 g/mol. The van der Waals surface area contributed by atoms with Crippen LogP contribution in [0.4, 0.5) is 0 Å². The molecule has 3 unspecified atom stereocenters. The summed E-state index contributed by atoms with van der Waals surface area (Å²) in [6.07, 6.45) is 51.6. The predicted molar refractivity (Wildman–Crippen MR) is 255 cm³/mol. The van der Waals surface area contributed by atoms with Crippen LogP contribution in [0.5, 0.6) is 0 Å². The number of hydrogen-bond donors (Lipinski definition) is 3. The minimum atomic E-state index is -0.779. The smallest absolute Gasteiger partial charge is 0.306 e. The van der Waals surface area contributed by atoms with Crippen molar-refractivity contribution in [1.82, 2.24) is 5.32 Å². The highest BCUT2D eigenvalue weighted by Gasteiger charge is 2.24. The molecule has 0 saturated carbocycles. The van der Waals surface area contributed by atoms with E-state index in [0.717, 1.165) is 38.5 Å². The Balaban J connectivity index is 4.48. The lowest BCUT2D eigenvalue weighted by Crippen LogP contribution is -2.46. The number of rotatable bonds is 49. The Labute approximate surface area is 368 Å². The third-order valence-corrected chi connectivity index (χ3v) is 12.7. The maximum Gasteiger partial charge on any atom is 0.306 e. The summed E-state index contributed by atoms with van der Waals surface area (Å²) in [6, 6.07) is -0.692. The number of esters is 1. The van der Waals surface area contributed by atoms with E-state index in [1.807, 2.05) is 0 Å². The molecule has 0 spiro atoms. The Morgan fingerprint density at radius 1 is 0.424 bits per heavy atom. The lowest BCUT2D eigenvalue weighted by atomic mass is 10.0. The molecule has 0 aliphatic carbocycles. The molecule has 0 aliphatic heterocycles. The maximum absolute atomic E-state index is 13.2. The van der Waals surface area contributed by atoms with Gasteiger partial charge in [-0.1, -0.05) is 265 Å². The average Bonchev–Trinajstić information content (AvgIpc) is 3.23. The monoisotopic (exact) mass is 836 g/mol. The van der Waals surface area contributed by atoms with Crippen molar-refractivity contribution in [1.29, 1.82) is 0 Å². The van der Waals surface area contributed by atoms with Gasteiger partial charge in [-0.2, -0.15) is 0 Å². The minimum Gasteiger partial charge on any atom is -0.462 e. The van der Waals surface area contributed by atoms with Gasteiger partial charge in [-0.05, 0) is 25.7 Å². The van der Waals surface area contributed by atoms with Crippen LogP contribution in [0.25, 0.3) is 0 Å². The van der Waals surface area contributed by atoms with Crippen LogP contribution in [-0.2, 0) is 14.3 Å². The molecule has 0 aromatic carbocycles. The van der Waals surface area contributed by atoms with E-state index in [-0.39, 0.29) is 24.9 Å². The zero-order valence-electron chi connectivity index (χ0n) is 40.2. The van der Waals surface area contributed by atoms with Gasteiger partial charge in [0.15, 0.2) is 0 Å². The van der Waals surface area contributed by atoms with Crippen molar-refractivity contribution in [3.8, 4) is 0 Å². The molecule has 0 bridgehead atoms. The highest BCUT2D eigenvalue weighted by atomic mass is 16.5. The first-order valence-electron chi connectivity index (χ1n) is 26.8. The number of carbonyl (C=O) groups is 2. The summed E-state index contributed by atoms with van der Waals surface area (Å²) in [7, 11) is 0. The second-order valence-electron chi connectivity index (χ2n) is 18.6. The second-order valence-corrected chi connectivity index (χ2v) is 18.6. The van der Waals surface area contributed by atoms with Gasteiger partial charge in [0.05, 0.1) is 25.2 Å². The summed E-state index contributed by atoms with van der Waals surface area (Å²) >= 11 is 0. The molecule has 0 rings (SSSR count). The van der Waals surface area contributed by atoms with Crippen molar-refractivity contribution in [3.05, 3.63) is 0 Å². The molecule has 0 aromatic heterocycles. The number of ether oxygens (including phenoxy) is 1. The van der Waals surface area contributed by atoms with E-state index in [1.54, 1.807) is 0 Å². The van der Waals surface area contributed by atoms with E-state index in [2.05, 4.69) is 26.1 Å². The number of carbonyl (C=O) groups excluding carboxylic acids is 2. The summed E-state index contributed by atoms with van der Waals surface area (Å²) < 4.78 is 5.94. The van der Waals surface area contributed by atoms with E-state index in [9.17, 15) is 19.8 Å². The molecule has 3 N–H and O–H groups in total. The Hall–Kier alpha value is -1.14. The Kier molecular flexibility index (Phi) is 47.0. The lowest BCUT2D eigenvalue weighted by Gasteiger charge is -2.24. The molecule has 59 heavy (non-hydrogen) atoms. The van der Waals surface area contributed by atoms with Crippen molar-refractivity contribution in [2.75, 3.05) is 6.61 Å². The molecule has 352 valence electrons. The van der Waals surface area contributed by atoms with Crippen molar-refractivity contribution >= 4 is 11.9 Å². The van der Waals surface area contributed by atoms with Gasteiger partial charge in [-0.15, -0.1) is 0 Å². The van der Waals surface area contributed by atoms with Gasteiger partial charge in [0, 0.05) is 6.42 Å². The van der Waals surface area contributed by atoms with E-state index >= 15 is 0 Å². The summed E-state index contributed by atoms with van der Waals surface area (Å²) in [5.74, 6) is -0.449. The largest absolute Gasteiger partial charge is 0.462 e. The van der Waals surface area contributed by atoms with Crippen molar-refractivity contribution in [2.45, 2.75) is 322 Å². The predicted octanol–water partition coefficient (Wildman–Crippen LogP) is 16.0. The highest BCUT2D eigenvalue weighted by molar-refractivity contribution is 5.77. The topological polar surface area (TPSA) is 95.9 Å². The number of hydrogen-bond acceptors (Lipinski definition) is 5. The first-order valence-corrected chi connectivity index (χ1v) is 26.8. The molecule has 0 saturated heterocycles. The molecular formula is C53H105NO5. The third-order valence-electron chi connectivity index (χ3n) is 12.7. The number of aliphatic hydroxyl groups excluding tert-OH is 2. The van der Waals surface area contributed by atoms with Gasteiger partial charge in [0.2, 0.25) is 5.91 Å². The first-order chi connectivity index (χ1) is 29.0. The Morgan fingerprint density at radius 2 is 0.712 bits per heavy atom. The second kappa shape index (κ2) is 47.9. The maximum atomic E-state index is 13.2. The van der Waals surface area contributed by atoms with Crippen molar-refractivity contribution in [2.24, 2.45) is 0 Å². The summed E-state index contributed by atoms with van der Waals surface area (Å²) in [5.41, 5.74) is 0. The Bertz CT molecular complexity index is 852. The summed E-state index contributed by atoms with van der Waals surface area (Å²) in [6.45, 7) is 6.51. The fourth-order valence-corrected chi connectivity index (χ4v) is 8.61. The Morgan fingerprint density at radius 3 is 1.03 bits per heavy atom. The zero-order valence-corrected chi connectivity index (χ0v) is 40.2. The van der Waals surface area contributed by atoms with Gasteiger partial charge in [0.25, 0.3) is 0 Å². The molecule has 0 aliphatic rings. The quantitative estimate of drug-likeness (QED) is 0.0419. The summed E-state index contributed by atoms with van der Waals surface area (Å²) in [4.78, 5) is 26.1. The molecule has 1 amide bonds. The van der Waals surface area contributed by atoms with Crippen LogP contribution in [0.15, 0.2) is 0 Å². The van der Waals surface area contributed by atoms with Gasteiger partial charge in [-0.3, -0.25) is 9.59 Å². The van der Waals surface area contributed by atoms with Crippen LogP contribution in [0.1, 0.15) is 303 Å². The van der Waals surface area contributed by atoms with Gasteiger partial charge < -0.3 is 20.3 Å². The summed E-state index contributed by atoms with van der Waals surface area (Å²) in [5, 5.41) is 23.8. The minimum absolute atomic E-state index is 0.0879. The van der Waals surface area contributed by atoms with Crippen LogP contribution >= 0.6 is 0 Å². The molecule has 6 nitrogen and oxygen atoms in total. The standard InChI is InChI=1S/C53H105NO5/c1-4-7-10-13-16-19-22-25-26-28-31-34-37-40-43-46-53(58)59-49(44-41-38-35-32-29-24-21-18-15-12-9-6-3)47-52(57)54-50(48-55)51(56)45-42-39-36-33-30-27-23-20-17-14-11-8-5-2/h49-51,55-56H,4-48H2,1-3H3,(H,54,57). The van der Waals surface area contributed by atoms with E-state index < -0.39 is 18.2 Å². The lowest BCUT2D eigenvalue weighted by molar-refractivity contribution is -0.151. The van der Waals surface area contributed by atoms with Gasteiger partial charge in [0.1, 0.15) is 6.10 Å². The molecule has 0 heterocycles. The fourth-order valence-electron chi connectivity index (χ4n) is 8.61. The van der Waals surface area contributed by atoms with Gasteiger partial charge in [-0.25, -0.2) is 0 Å². The van der Waals surface area contributed by atoms with Crippen LogP contribution in [0.3, 0.4) is 0 Å². The zero-order chi connectivity index (χ0) is 43.1. The number of aliphatic hydroxyl groups is 2. The van der Waals surface area contributed by atoms with Gasteiger partial charge >= 0.3 is 5.97 Å². The normalized spacial score (nSPS) is 13.1. The first kappa shape index (κ1) is 57.9. The van der Waals surface area contributed by atoms with Crippen LogP contribution in [-0.4, -0.2) is 46.9 Å². The number of unbranched alkanes of at least 4 members (excludes halogenated alkanes) is 37. The molecule has 3 atom stereocenters. The fraction of sp³-hybridized carbons (Fsp3) is 0.962. The number of amides is 1. The highest BCUT2D eigenvalue weighted by Crippen LogP contribution is 2.19. The number of nitrogens with one attached hydrogen (secondary N) is 1. The average molecular weight is 836 g/mol. The molecule has 0 fully saturated rings.